The van der Waals surface area contributed by atoms with Crippen molar-refractivity contribution in [2.45, 2.75) is 34.1 Å². The summed E-state index contributed by atoms with van der Waals surface area (Å²) >= 11 is 0. The molecule has 0 aliphatic carbocycles. The molecule has 0 aromatic carbocycles. The van der Waals surface area contributed by atoms with Crippen LogP contribution in [0.25, 0.3) is 0 Å². The molecule has 0 spiro atoms. The van der Waals surface area contributed by atoms with Gasteiger partial charge < -0.3 is 4.74 Å². The molecule has 12 heavy (non-hydrogen) atoms. The molecule has 0 amide bonds. The SMILES string of the molecule is CC/C=C\COC(=O)C(C)(C)C. The Morgan fingerprint density at radius 3 is 2.33 bits per heavy atom. The van der Waals surface area contributed by atoms with E-state index in [2.05, 4.69) is 0 Å². The van der Waals surface area contributed by atoms with Gasteiger partial charge in [0.05, 0.1) is 5.41 Å². The molecule has 0 rings (SSSR count). The fourth-order valence-corrected chi connectivity index (χ4v) is 0.575. The number of hydrogen-bond acceptors (Lipinski definition) is 2. The maximum atomic E-state index is 11.2. The Morgan fingerprint density at radius 2 is 1.92 bits per heavy atom. The molecule has 0 saturated carbocycles. The van der Waals surface area contributed by atoms with E-state index in [1.807, 2.05) is 39.8 Å². The van der Waals surface area contributed by atoms with Crippen molar-refractivity contribution in [2.75, 3.05) is 6.61 Å². The van der Waals surface area contributed by atoms with Gasteiger partial charge in [-0.2, -0.15) is 0 Å². The van der Waals surface area contributed by atoms with Crippen LogP contribution in [-0.2, 0) is 9.53 Å². The van der Waals surface area contributed by atoms with Crippen molar-refractivity contribution in [3.8, 4) is 0 Å². The van der Waals surface area contributed by atoms with Gasteiger partial charge in [0.15, 0.2) is 0 Å². The van der Waals surface area contributed by atoms with E-state index in [0.717, 1.165) is 6.42 Å². The number of hydrogen-bond donors (Lipinski definition) is 0. The van der Waals surface area contributed by atoms with E-state index in [9.17, 15) is 4.79 Å². The third-order valence-corrected chi connectivity index (χ3v) is 1.33. The molecular formula is C10H18O2. The summed E-state index contributed by atoms with van der Waals surface area (Å²) in [6.45, 7) is 7.97. The fraction of sp³-hybridized carbons (Fsp3) is 0.700. The average molecular weight is 170 g/mol. The molecule has 0 saturated heterocycles. The fourth-order valence-electron chi connectivity index (χ4n) is 0.575. The summed E-state index contributed by atoms with van der Waals surface area (Å²) in [6, 6.07) is 0. The molecule has 0 unspecified atom stereocenters. The second-order valence-electron chi connectivity index (χ2n) is 3.73. The first-order valence-corrected chi connectivity index (χ1v) is 4.30. The lowest BCUT2D eigenvalue weighted by Gasteiger charge is -2.15. The Bertz CT molecular complexity index is 163. The summed E-state index contributed by atoms with van der Waals surface area (Å²) < 4.78 is 4.98. The van der Waals surface area contributed by atoms with Crippen LogP contribution in [-0.4, -0.2) is 12.6 Å². The molecule has 0 heterocycles. The molecule has 0 fully saturated rings. The van der Waals surface area contributed by atoms with Gasteiger partial charge in [0.25, 0.3) is 0 Å². The van der Waals surface area contributed by atoms with E-state index in [1.54, 1.807) is 0 Å². The molecule has 0 aliphatic heterocycles. The molecule has 0 atom stereocenters. The van der Waals surface area contributed by atoms with Gasteiger partial charge in [-0.3, -0.25) is 4.79 Å². The molecule has 0 N–H and O–H groups in total. The van der Waals surface area contributed by atoms with Gasteiger partial charge in [-0.15, -0.1) is 0 Å². The molecule has 0 radical (unpaired) electrons. The lowest BCUT2D eigenvalue weighted by Crippen LogP contribution is -2.22. The van der Waals surface area contributed by atoms with Crippen LogP contribution < -0.4 is 0 Å². The second-order valence-corrected chi connectivity index (χ2v) is 3.73. The molecule has 0 aromatic heterocycles. The third-order valence-electron chi connectivity index (χ3n) is 1.33. The Balaban J connectivity index is 3.66. The normalized spacial score (nSPS) is 12.0. The van der Waals surface area contributed by atoms with E-state index in [-0.39, 0.29) is 11.4 Å². The molecule has 70 valence electrons. The highest BCUT2D eigenvalue weighted by Gasteiger charge is 2.22. The second kappa shape index (κ2) is 4.96. The van der Waals surface area contributed by atoms with Gasteiger partial charge in [-0.25, -0.2) is 0 Å². The highest BCUT2D eigenvalue weighted by atomic mass is 16.5. The highest BCUT2D eigenvalue weighted by molar-refractivity contribution is 5.75. The van der Waals surface area contributed by atoms with Gasteiger partial charge in [0, 0.05) is 0 Å². The molecule has 2 nitrogen and oxygen atoms in total. The number of carbonyl (C=O) groups excluding carboxylic acids is 1. The summed E-state index contributed by atoms with van der Waals surface area (Å²) in [7, 11) is 0. The van der Waals surface area contributed by atoms with Crippen molar-refractivity contribution in [1.82, 2.24) is 0 Å². The molecule has 0 bridgehead atoms. The number of esters is 1. The number of carbonyl (C=O) groups is 1. The van der Waals surface area contributed by atoms with E-state index < -0.39 is 0 Å². The lowest BCUT2D eigenvalue weighted by atomic mass is 9.97. The minimum Gasteiger partial charge on any atom is -0.461 e. The van der Waals surface area contributed by atoms with Crippen LogP contribution in [0.15, 0.2) is 12.2 Å². The smallest absolute Gasteiger partial charge is 0.311 e. The zero-order valence-electron chi connectivity index (χ0n) is 8.39. The minimum absolute atomic E-state index is 0.150. The Labute approximate surface area is 74.6 Å². The van der Waals surface area contributed by atoms with Crippen molar-refractivity contribution in [1.29, 1.82) is 0 Å². The van der Waals surface area contributed by atoms with Gasteiger partial charge in [0.2, 0.25) is 0 Å². The minimum atomic E-state index is -0.389. The summed E-state index contributed by atoms with van der Waals surface area (Å²) in [5.41, 5.74) is -0.389. The van der Waals surface area contributed by atoms with E-state index in [4.69, 9.17) is 4.74 Å². The predicted octanol–water partition coefficient (Wildman–Crippen LogP) is 2.54. The van der Waals surface area contributed by atoms with Crippen LogP contribution in [0.3, 0.4) is 0 Å². The summed E-state index contributed by atoms with van der Waals surface area (Å²) in [5, 5.41) is 0. The zero-order chi connectivity index (χ0) is 9.61. The average Bonchev–Trinajstić information content (AvgIpc) is 1.96. The molecule has 0 aliphatic rings. The monoisotopic (exact) mass is 170 g/mol. The predicted molar refractivity (Wildman–Crippen MR) is 49.8 cm³/mol. The van der Waals surface area contributed by atoms with Crippen molar-refractivity contribution >= 4 is 5.97 Å². The highest BCUT2D eigenvalue weighted by Crippen LogP contribution is 2.14. The summed E-state index contributed by atoms with van der Waals surface area (Å²) in [4.78, 5) is 11.2. The van der Waals surface area contributed by atoms with Crippen LogP contribution in [0.1, 0.15) is 34.1 Å². The van der Waals surface area contributed by atoms with Crippen LogP contribution in [0.2, 0.25) is 0 Å². The number of rotatable bonds is 3. The van der Waals surface area contributed by atoms with Gasteiger partial charge in [0.1, 0.15) is 6.61 Å². The Morgan fingerprint density at radius 1 is 1.33 bits per heavy atom. The first-order chi connectivity index (χ1) is 5.48. The standard InChI is InChI=1S/C10H18O2/c1-5-6-7-8-12-9(11)10(2,3)4/h6-7H,5,8H2,1-4H3/b7-6-. The van der Waals surface area contributed by atoms with Gasteiger partial charge >= 0.3 is 5.97 Å². The Hall–Kier alpha value is -0.790. The summed E-state index contributed by atoms with van der Waals surface area (Å²) in [5.74, 6) is -0.150. The van der Waals surface area contributed by atoms with E-state index in [0.29, 0.717) is 6.61 Å². The zero-order valence-corrected chi connectivity index (χ0v) is 8.39. The lowest BCUT2D eigenvalue weighted by molar-refractivity contribution is -0.151. The first kappa shape index (κ1) is 11.2. The van der Waals surface area contributed by atoms with Crippen molar-refractivity contribution < 1.29 is 9.53 Å². The maximum Gasteiger partial charge on any atom is 0.311 e. The van der Waals surface area contributed by atoms with E-state index >= 15 is 0 Å². The van der Waals surface area contributed by atoms with Crippen molar-refractivity contribution in [2.24, 2.45) is 5.41 Å². The number of ether oxygens (including phenoxy) is 1. The van der Waals surface area contributed by atoms with Crippen LogP contribution in [0.5, 0.6) is 0 Å². The first-order valence-electron chi connectivity index (χ1n) is 4.30. The molecular weight excluding hydrogens is 152 g/mol. The van der Waals surface area contributed by atoms with Crippen LogP contribution >= 0.6 is 0 Å². The van der Waals surface area contributed by atoms with Crippen LogP contribution in [0.4, 0.5) is 0 Å². The third kappa shape index (κ3) is 4.94. The van der Waals surface area contributed by atoms with Crippen molar-refractivity contribution in [3.05, 3.63) is 12.2 Å². The molecule has 2 heteroatoms. The topological polar surface area (TPSA) is 26.3 Å². The van der Waals surface area contributed by atoms with Gasteiger partial charge in [-0.05, 0) is 27.2 Å². The van der Waals surface area contributed by atoms with Crippen molar-refractivity contribution in [3.63, 3.8) is 0 Å². The van der Waals surface area contributed by atoms with E-state index in [1.165, 1.54) is 0 Å². The van der Waals surface area contributed by atoms with Crippen LogP contribution in [0, 0.1) is 5.41 Å². The quantitative estimate of drug-likeness (QED) is 0.480. The summed E-state index contributed by atoms with van der Waals surface area (Å²) in [6.07, 6.45) is 4.83. The molecule has 0 aromatic rings. The largest absolute Gasteiger partial charge is 0.461 e. The number of allylic oxidation sites excluding steroid dienone is 1. The Kier molecular flexibility index (Phi) is 4.64. The maximum absolute atomic E-state index is 11.2. The van der Waals surface area contributed by atoms with Gasteiger partial charge in [-0.1, -0.05) is 19.1 Å².